The highest BCUT2D eigenvalue weighted by Gasteiger charge is 2.20. The molecule has 1 atom stereocenters. The molecule has 0 heterocycles. The molecule has 0 amide bonds. The molecule has 1 unspecified atom stereocenters. The number of rotatable bonds is 6. The topological polar surface area (TPSA) is 15.3 Å². The predicted molar refractivity (Wildman–Crippen MR) is 53.4 cm³/mol. The lowest BCUT2D eigenvalue weighted by atomic mass is 10.2. The van der Waals surface area contributed by atoms with Gasteiger partial charge in [0.05, 0.1) is 0 Å². The molecule has 1 N–H and O–H groups in total. The average molecular weight is 170 g/mol. The predicted octanol–water partition coefficient (Wildman–Crippen LogP) is 1.33. The average Bonchev–Trinajstić information content (AvgIpc) is 2.80. The smallest absolute Gasteiger partial charge is 0.00510 e. The number of hydrogen-bond acceptors (Lipinski definition) is 2. The molecule has 1 fully saturated rings. The fourth-order valence-electron chi connectivity index (χ4n) is 1.24. The molecule has 12 heavy (non-hydrogen) atoms. The van der Waals surface area contributed by atoms with Crippen molar-refractivity contribution in [2.75, 3.05) is 27.2 Å². The van der Waals surface area contributed by atoms with E-state index in [-0.39, 0.29) is 0 Å². The van der Waals surface area contributed by atoms with Crippen LogP contribution in [0.15, 0.2) is 0 Å². The lowest BCUT2D eigenvalue weighted by molar-refractivity contribution is 0.364. The van der Waals surface area contributed by atoms with E-state index in [9.17, 15) is 0 Å². The van der Waals surface area contributed by atoms with Gasteiger partial charge >= 0.3 is 0 Å². The Morgan fingerprint density at radius 1 is 1.42 bits per heavy atom. The van der Waals surface area contributed by atoms with E-state index in [1.165, 1.54) is 32.4 Å². The zero-order chi connectivity index (χ0) is 8.97. The molecule has 1 rings (SSSR count). The van der Waals surface area contributed by atoms with Crippen LogP contribution in [0.2, 0.25) is 0 Å². The molecule has 0 aromatic rings. The summed E-state index contributed by atoms with van der Waals surface area (Å²) in [5.41, 5.74) is 0. The van der Waals surface area contributed by atoms with Gasteiger partial charge in [-0.15, -0.1) is 0 Å². The number of nitrogens with one attached hydrogen (secondary N) is 1. The van der Waals surface area contributed by atoms with E-state index in [2.05, 4.69) is 31.2 Å². The van der Waals surface area contributed by atoms with Gasteiger partial charge in [-0.05, 0) is 59.3 Å². The van der Waals surface area contributed by atoms with Gasteiger partial charge in [-0.1, -0.05) is 0 Å². The van der Waals surface area contributed by atoms with Crippen LogP contribution in [-0.2, 0) is 0 Å². The maximum Gasteiger partial charge on any atom is 0.00510 e. The van der Waals surface area contributed by atoms with Crippen LogP contribution in [0.1, 0.15) is 26.2 Å². The van der Waals surface area contributed by atoms with Gasteiger partial charge in [0.1, 0.15) is 0 Å². The van der Waals surface area contributed by atoms with Crippen molar-refractivity contribution in [2.24, 2.45) is 5.92 Å². The van der Waals surface area contributed by atoms with Crippen LogP contribution in [0.25, 0.3) is 0 Å². The lowest BCUT2D eigenvalue weighted by Crippen LogP contribution is -2.31. The molecule has 1 saturated carbocycles. The van der Waals surface area contributed by atoms with Crippen molar-refractivity contribution in [2.45, 2.75) is 32.2 Å². The second-order valence-electron chi connectivity index (χ2n) is 4.34. The molecular weight excluding hydrogens is 148 g/mol. The van der Waals surface area contributed by atoms with Gasteiger partial charge < -0.3 is 10.2 Å². The summed E-state index contributed by atoms with van der Waals surface area (Å²) in [6.45, 7) is 4.72. The molecular formula is C10H22N2. The molecule has 1 aliphatic rings. The highest BCUT2D eigenvalue weighted by Crippen LogP contribution is 2.27. The molecule has 0 saturated heterocycles. The third-order valence-electron chi connectivity index (χ3n) is 2.46. The maximum absolute atomic E-state index is 3.57. The molecule has 0 spiro atoms. The fourth-order valence-corrected chi connectivity index (χ4v) is 1.24. The minimum atomic E-state index is 0.688. The van der Waals surface area contributed by atoms with Crippen LogP contribution < -0.4 is 5.32 Å². The molecule has 0 radical (unpaired) electrons. The zero-order valence-electron chi connectivity index (χ0n) is 8.64. The minimum absolute atomic E-state index is 0.688. The van der Waals surface area contributed by atoms with Crippen LogP contribution in [0, 0.1) is 5.92 Å². The van der Waals surface area contributed by atoms with Gasteiger partial charge in [0, 0.05) is 6.04 Å². The summed E-state index contributed by atoms with van der Waals surface area (Å²) in [4.78, 5) is 2.25. The summed E-state index contributed by atoms with van der Waals surface area (Å²) in [5, 5.41) is 3.57. The summed E-state index contributed by atoms with van der Waals surface area (Å²) in [5.74, 6) is 1.01. The molecule has 0 aromatic heterocycles. The summed E-state index contributed by atoms with van der Waals surface area (Å²) in [7, 11) is 4.27. The van der Waals surface area contributed by atoms with Crippen LogP contribution in [0.4, 0.5) is 0 Å². The van der Waals surface area contributed by atoms with Gasteiger partial charge in [-0.3, -0.25) is 0 Å². The molecule has 0 aromatic carbocycles. The van der Waals surface area contributed by atoms with Crippen LogP contribution in [-0.4, -0.2) is 38.1 Å². The van der Waals surface area contributed by atoms with Crippen molar-refractivity contribution < 1.29 is 0 Å². The van der Waals surface area contributed by atoms with Crippen molar-refractivity contribution in [1.82, 2.24) is 10.2 Å². The van der Waals surface area contributed by atoms with E-state index in [4.69, 9.17) is 0 Å². The van der Waals surface area contributed by atoms with Crippen LogP contribution in [0.3, 0.4) is 0 Å². The van der Waals surface area contributed by atoms with Crippen LogP contribution >= 0.6 is 0 Å². The normalized spacial score (nSPS) is 20.0. The Morgan fingerprint density at radius 3 is 2.58 bits per heavy atom. The monoisotopic (exact) mass is 170 g/mol. The number of hydrogen-bond donors (Lipinski definition) is 1. The molecule has 0 bridgehead atoms. The largest absolute Gasteiger partial charge is 0.314 e. The molecule has 2 heteroatoms. The van der Waals surface area contributed by atoms with Crippen molar-refractivity contribution in [3.8, 4) is 0 Å². The Balaban J connectivity index is 1.91. The standard InChI is InChI=1S/C10H22N2/c1-9(6-7-12(2)3)11-8-10-4-5-10/h9-11H,4-8H2,1-3H3. The molecule has 72 valence electrons. The molecule has 2 nitrogen and oxygen atoms in total. The maximum atomic E-state index is 3.57. The first-order valence-corrected chi connectivity index (χ1v) is 5.06. The van der Waals surface area contributed by atoms with Crippen molar-refractivity contribution in [1.29, 1.82) is 0 Å². The minimum Gasteiger partial charge on any atom is -0.314 e. The molecule has 1 aliphatic carbocycles. The molecule has 0 aliphatic heterocycles. The summed E-state index contributed by atoms with van der Waals surface area (Å²) >= 11 is 0. The van der Waals surface area contributed by atoms with E-state index >= 15 is 0 Å². The quantitative estimate of drug-likeness (QED) is 0.647. The van der Waals surface area contributed by atoms with E-state index in [0.29, 0.717) is 6.04 Å². The Bertz CT molecular complexity index is 113. The van der Waals surface area contributed by atoms with Gasteiger partial charge in [-0.25, -0.2) is 0 Å². The SMILES string of the molecule is CC(CCN(C)C)NCC1CC1. The summed E-state index contributed by atoms with van der Waals surface area (Å²) < 4.78 is 0. The van der Waals surface area contributed by atoms with Crippen molar-refractivity contribution >= 4 is 0 Å². The fraction of sp³-hybridized carbons (Fsp3) is 1.00. The first-order valence-electron chi connectivity index (χ1n) is 5.06. The zero-order valence-corrected chi connectivity index (χ0v) is 8.64. The summed E-state index contributed by atoms with van der Waals surface area (Å²) in [6.07, 6.45) is 4.17. The van der Waals surface area contributed by atoms with E-state index in [1.807, 2.05) is 0 Å². The van der Waals surface area contributed by atoms with Gasteiger partial charge in [0.25, 0.3) is 0 Å². The third kappa shape index (κ3) is 4.73. The van der Waals surface area contributed by atoms with Crippen molar-refractivity contribution in [3.63, 3.8) is 0 Å². The summed E-state index contributed by atoms with van der Waals surface area (Å²) in [6, 6.07) is 0.688. The van der Waals surface area contributed by atoms with Gasteiger partial charge in [0.2, 0.25) is 0 Å². The van der Waals surface area contributed by atoms with Crippen LogP contribution in [0.5, 0.6) is 0 Å². The first kappa shape index (κ1) is 10.0. The third-order valence-corrected chi connectivity index (χ3v) is 2.46. The Morgan fingerprint density at radius 2 is 2.08 bits per heavy atom. The Hall–Kier alpha value is -0.0800. The number of nitrogens with zero attached hydrogens (tertiary/aromatic N) is 1. The second kappa shape index (κ2) is 4.83. The first-order chi connectivity index (χ1) is 5.68. The van der Waals surface area contributed by atoms with E-state index in [0.717, 1.165) is 5.92 Å². The Kier molecular flexibility index (Phi) is 4.02. The second-order valence-corrected chi connectivity index (χ2v) is 4.34. The van der Waals surface area contributed by atoms with Gasteiger partial charge in [-0.2, -0.15) is 0 Å². The van der Waals surface area contributed by atoms with E-state index < -0.39 is 0 Å². The van der Waals surface area contributed by atoms with Gasteiger partial charge in [0.15, 0.2) is 0 Å². The lowest BCUT2D eigenvalue weighted by Gasteiger charge is -2.16. The Labute approximate surface area is 76.3 Å². The van der Waals surface area contributed by atoms with Crippen molar-refractivity contribution in [3.05, 3.63) is 0 Å². The highest BCUT2D eigenvalue weighted by atomic mass is 15.1. The van der Waals surface area contributed by atoms with E-state index in [1.54, 1.807) is 0 Å². The highest BCUT2D eigenvalue weighted by molar-refractivity contribution is 4.77.